The van der Waals surface area contributed by atoms with Gasteiger partial charge in [-0.3, -0.25) is 0 Å². The van der Waals surface area contributed by atoms with Crippen LogP contribution in [0.4, 0.5) is 5.69 Å². The van der Waals surface area contributed by atoms with Crippen molar-refractivity contribution >= 4 is 33.8 Å². The van der Waals surface area contributed by atoms with Crippen LogP contribution in [-0.2, 0) is 0 Å². The number of aromatic amines is 1. The van der Waals surface area contributed by atoms with Gasteiger partial charge in [-0.05, 0) is 67.4 Å². The summed E-state index contributed by atoms with van der Waals surface area (Å²) in [7, 11) is 0. The second kappa shape index (κ2) is 9.45. The van der Waals surface area contributed by atoms with E-state index in [1.165, 1.54) is 0 Å². The largest absolute Gasteiger partial charge is 0.494 e. The standard InChI is InChI=1S/C29H28ClN5O/c1-2-35-14-12-20(13-15-35)31-21-10-11-23-22(17-21)27(29(36)34-23)26(18-6-5-7-19(30)16-18)28-32-24-8-3-4-9-25(24)33-28/h3-11,16-17,20,31,34,36H,2,12-15H2,1H3. The summed E-state index contributed by atoms with van der Waals surface area (Å²) in [5.41, 5.74) is 4.15. The number of likely N-dealkylation sites (tertiary alicyclic amines) is 1. The van der Waals surface area contributed by atoms with Gasteiger partial charge in [0.05, 0.1) is 16.3 Å². The predicted octanol–water partition coefficient (Wildman–Crippen LogP) is 5.09. The number of nitrogens with one attached hydrogen (secondary N) is 2. The molecule has 0 aliphatic carbocycles. The van der Waals surface area contributed by atoms with E-state index in [4.69, 9.17) is 21.6 Å². The highest BCUT2D eigenvalue weighted by molar-refractivity contribution is 6.30. The average Bonchev–Trinajstić information content (AvgIpc) is 3.46. The third-order valence-corrected chi connectivity index (χ3v) is 7.34. The number of aromatic hydroxyl groups is 1. The molecule has 0 radical (unpaired) electrons. The van der Waals surface area contributed by atoms with Crippen molar-refractivity contribution in [2.24, 2.45) is 9.98 Å². The zero-order chi connectivity index (χ0) is 24.6. The molecule has 0 unspecified atom stereocenters. The van der Waals surface area contributed by atoms with Gasteiger partial charge in [-0.2, -0.15) is 0 Å². The van der Waals surface area contributed by atoms with Crippen molar-refractivity contribution in [3.8, 4) is 5.88 Å². The van der Waals surface area contributed by atoms with E-state index in [2.05, 4.69) is 34.3 Å². The average molecular weight is 498 g/mol. The highest BCUT2D eigenvalue weighted by atomic mass is 35.5. The van der Waals surface area contributed by atoms with Crippen LogP contribution in [0.5, 0.6) is 5.88 Å². The molecule has 0 saturated carbocycles. The zero-order valence-electron chi connectivity index (χ0n) is 20.1. The van der Waals surface area contributed by atoms with Gasteiger partial charge in [0.15, 0.2) is 11.7 Å². The monoisotopic (exact) mass is 497 g/mol. The second-order valence-corrected chi connectivity index (χ2v) is 9.82. The normalized spacial score (nSPS) is 16.0. The van der Waals surface area contributed by atoms with Crippen molar-refractivity contribution in [1.29, 1.82) is 0 Å². The number of piperidine rings is 1. The molecule has 2 aliphatic heterocycles. The Morgan fingerprint density at radius 3 is 2.47 bits per heavy atom. The van der Waals surface area contributed by atoms with Crippen LogP contribution in [0.25, 0.3) is 16.5 Å². The lowest BCUT2D eigenvalue weighted by molar-refractivity contribution is 0.229. The molecule has 3 heterocycles. The van der Waals surface area contributed by atoms with Crippen molar-refractivity contribution < 1.29 is 5.11 Å². The first kappa shape index (κ1) is 22.8. The Morgan fingerprint density at radius 1 is 1.03 bits per heavy atom. The van der Waals surface area contributed by atoms with Gasteiger partial charge in [-0.25, -0.2) is 9.98 Å². The van der Waals surface area contributed by atoms with Crippen LogP contribution in [0.2, 0.25) is 5.02 Å². The fourth-order valence-corrected chi connectivity index (χ4v) is 5.39. The molecule has 3 N–H and O–H groups in total. The van der Waals surface area contributed by atoms with Crippen LogP contribution in [-0.4, -0.2) is 40.7 Å². The minimum Gasteiger partial charge on any atom is -0.494 e. The summed E-state index contributed by atoms with van der Waals surface area (Å²) in [6.45, 7) is 5.54. The first-order valence-corrected chi connectivity index (χ1v) is 12.8. The molecule has 0 atom stereocenters. The first-order chi connectivity index (χ1) is 17.6. The Hall–Kier alpha value is -3.61. The molecule has 2 aliphatic rings. The Morgan fingerprint density at radius 2 is 1.78 bits per heavy atom. The number of aromatic nitrogens is 1. The van der Waals surface area contributed by atoms with Gasteiger partial charge in [0.2, 0.25) is 0 Å². The number of rotatable bonds is 5. The molecule has 1 saturated heterocycles. The fraction of sp³-hybridized carbons (Fsp3) is 0.241. The summed E-state index contributed by atoms with van der Waals surface area (Å²) < 4.78 is 0. The summed E-state index contributed by atoms with van der Waals surface area (Å²) in [5, 5.41) is 18.0. The molecule has 4 aromatic rings. The third kappa shape index (κ3) is 4.27. The van der Waals surface area contributed by atoms with Crippen molar-refractivity contribution in [2.45, 2.75) is 25.8 Å². The zero-order valence-corrected chi connectivity index (χ0v) is 20.9. The SMILES string of the molecule is CCN1CCC(Nc2ccc3[nH]c(O)c(C(=C4N=c5ccccc5=N4)c4cccc(Cl)c4)c3c2)CC1. The molecule has 0 bridgehead atoms. The van der Waals surface area contributed by atoms with Crippen LogP contribution in [0, 0.1) is 0 Å². The van der Waals surface area contributed by atoms with Crippen LogP contribution < -0.4 is 16.0 Å². The minimum atomic E-state index is 0.0854. The molecule has 0 spiro atoms. The fourth-order valence-electron chi connectivity index (χ4n) is 5.20. The predicted molar refractivity (Wildman–Crippen MR) is 145 cm³/mol. The molecule has 7 heteroatoms. The van der Waals surface area contributed by atoms with Crippen LogP contribution >= 0.6 is 11.6 Å². The molecule has 1 aromatic heterocycles. The Labute approximate surface area is 214 Å². The van der Waals surface area contributed by atoms with Gasteiger partial charge < -0.3 is 20.3 Å². The molecule has 1 fully saturated rings. The summed E-state index contributed by atoms with van der Waals surface area (Å²) in [4.78, 5) is 15.3. The number of H-pyrrole nitrogens is 1. The van der Waals surface area contributed by atoms with Gasteiger partial charge in [-0.15, -0.1) is 0 Å². The quantitative estimate of drug-likeness (QED) is 0.359. The summed E-state index contributed by atoms with van der Waals surface area (Å²) in [6.07, 6.45) is 2.23. The lowest BCUT2D eigenvalue weighted by Crippen LogP contribution is -2.38. The lowest BCUT2D eigenvalue weighted by Gasteiger charge is -2.32. The smallest absolute Gasteiger partial charge is 0.197 e. The van der Waals surface area contributed by atoms with Gasteiger partial charge in [-0.1, -0.05) is 42.8 Å². The van der Waals surface area contributed by atoms with E-state index in [9.17, 15) is 5.11 Å². The van der Waals surface area contributed by atoms with Crippen LogP contribution in [0.3, 0.4) is 0 Å². The van der Waals surface area contributed by atoms with E-state index in [-0.39, 0.29) is 5.88 Å². The first-order valence-electron chi connectivity index (χ1n) is 12.5. The van der Waals surface area contributed by atoms with Crippen molar-refractivity contribution in [1.82, 2.24) is 9.88 Å². The number of fused-ring (bicyclic) bond motifs is 2. The molecule has 3 aromatic carbocycles. The summed E-state index contributed by atoms with van der Waals surface area (Å²) in [6, 6.07) is 22.0. The Bertz CT molecular complexity index is 1560. The number of nitrogens with zero attached hydrogens (tertiary/aromatic N) is 3. The van der Waals surface area contributed by atoms with Crippen LogP contribution in [0.1, 0.15) is 30.9 Å². The van der Waals surface area contributed by atoms with E-state index in [0.717, 1.165) is 70.9 Å². The lowest BCUT2D eigenvalue weighted by atomic mass is 9.96. The van der Waals surface area contributed by atoms with E-state index in [1.807, 2.05) is 54.6 Å². The van der Waals surface area contributed by atoms with E-state index in [1.54, 1.807) is 0 Å². The summed E-state index contributed by atoms with van der Waals surface area (Å²) >= 11 is 6.39. The molecular weight excluding hydrogens is 470 g/mol. The number of halogens is 1. The number of hydrogen-bond acceptors (Lipinski definition) is 5. The number of para-hydroxylation sites is 2. The van der Waals surface area contributed by atoms with E-state index in [0.29, 0.717) is 22.4 Å². The number of hydrogen-bond donors (Lipinski definition) is 3. The molecule has 6 nitrogen and oxygen atoms in total. The highest BCUT2D eigenvalue weighted by Gasteiger charge is 2.23. The maximum absolute atomic E-state index is 11.1. The Kier molecular flexibility index (Phi) is 5.99. The third-order valence-electron chi connectivity index (χ3n) is 7.11. The number of benzene rings is 3. The summed E-state index contributed by atoms with van der Waals surface area (Å²) in [5.74, 6) is 0.641. The maximum Gasteiger partial charge on any atom is 0.197 e. The molecule has 6 rings (SSSR count). The van der Waals surface area contributed by atoms with Gasteiger partial charge >= 0.3 is 0 Å². The number of anilines is 1. The van der Waals surface area contributed by atoms with Gasteiger partial charge in [0, 0.05) is 46.3 Å². The van der Waals surface area contributed by atoms with Crippen LogP contribution in [0.15, 0.2) is 82.5 Å². The van der Waals surface area contributed by atoms with Crippen molar-refractivity contribution in [3.05, 3.63) is 99.4 Å². The van der Waals surface area contributed by atoms with Crippen molar-refractivity contribution in [2.75, 3.05) is 25.0 Å². The van der Waals surface area contributed by atoms with Gasteiger partial charge in [0.25, 0.3) is 0 Å². The topological polar surface area (TPSA) is 76.0 Å². The molecule has 0 amide bonds. The second-order valence-electron chi connectivity index (χ2n) is 9.38. The Balaban J connectivity index is 1.48. The van der Waals surface area contributed by atoms with E-state index < -0.39 is 0 Å². The molecular formula is C29H28ClN5O. The maximum atomic E-state index is 11.1. The van der Waals surface area contributed by atoms with Gasteiger partial charge in [0.1, 0.15) is 0 Å². The molecule has 36 heavy (non-hydrogen) atoms. The molecule has 182 valence electrons. The highest BCUT2D eigenvalue weighted by Crippen LogP contribution is 2.40. The minimum absolute atomic E-state index is 0.0854. The van der Waals surface area contributed by atoms with Crippen molar-refractivity contribution in [3.63, 3.8) is 0 Å². The van der Waals surface area contributed by atoms with E-state index >= 15 is 0 Å².